The molecule has 0 spiro atoms. The molecule has 0 bridgehead atoms. The van der Waals surface area contributed by atoms with Gasteiger partial charge in [-0.1, -0.05) is 42.5 Å². The molecule has 1 amide bonds. The number of amides is 1. The highest BCUT2D eigenvalue weighted by Gasteiger charge is 2.21. The number of methoxy groups -OCH3 is 1. The molecule has 0 radical (unpaired) electrons. The lowest BCUT2D eigenvalue weighted by molar-refractivity contribution is 0.102. The Kier molecular flexibility index (Phi) is 7.33. The van der Waals surface area contributed by atoms with E-state index < -0.39 is 10.0 Å². The Hall–Kier alpha value is -3.16. The van der Waals surface area contributed by atoms with Gasteiger partial charge in [0.2, 0.25) is 10.0 Å². The van der Waals surface area contributed by atoms with E-state index in [4.69, 9.17) is 4.74 Å². The van der Waals surface area contributed by atoms with Crippen LogP contribution in [-0.4, -0.2) is 27.7 Å². The van der Waals surface area contributed by atoms with Gasteiger partial charge in [-0.25, -0.2) is 8.42 Å². The maximum Gasteiger partial charge on any atom is 0.255 e. The minimum atomic E-state index is -3.49. The van der Waals surface area contributed by atoms with E-state index >= 15 is 0 Å². The minimum absolute atomic E-state index is 0.186. The highest BCUT2D eigenvalue weighted by molar-refractivity contribution is 7.92. The number of para-hydroxylation sites is 1. The van der Waals surface area contributed by atoms with Gasteiger partial charge in [-0.05, 0) is 60.4 Å². The zero-order chi connectivity index (χ0) is 23.3. The van der Waals surface area contributed by atoms with Crippen molar-refractivity contribution < 1.29 is 17.9 Å². The number of rotatable bonds is 8. The molecule has 7 heteroatoms. The fourth-order valence-electron chi connectivity index (χ4n) is 3.60. The molecule has 32 heavy (non-hydrogen) atoms. The molecule has 0 heterocycles. The summed E-state index contributed by atoms with van der Waals surface area (Å²) in [5.41, 5.74) is 5.40. The lowest BCUT2D eigenvalue weighted by atomic mass is 10.1. The second kappa shape index (κ2) is 9.97. The lowest BCUT2D eigenvalue weighted by Crippen LogP contribution is -2.30. The van der Waals surface area contributed by atoms with Crippen LogP contribution in [-0.2, 0) is 27.9 Å². The number of carbonyl (C=O) groups excluding carboxylic acids is 1. The summed E-state index contributed by atoms with van der Waals surface area (Å²) in [5.74, 6) is -0.235. The average molecular weight is 453 g/mol. The van der Waals surface area contributed by atoms with Gasteiger partial charge in [0.05, 0.1) is 25.1 Å². The topological polar surface area (TPSA) is 75.7 Å². The first-order valence-corrected chi connectivity index (χ1v) is 12.1. The van der Waals surface area contributed by atoms with Crippen LogP contribution >= 0.6 is 0 Å². The molecule has 0 saturated heterocycles. The third-order valence-electron chi connectivity index (χ3n) is 5.13. The first kappa shape index (κ1) is 23.5. The van der Waals surface area contributed by atoms with E-state index in [9.17, 15) is 13.2 Å². The number of nitrogens with zero attached hydrogens (tertiary/aromatic N) is 1. The van der Waals surface area contributed by atoms with Gasteiger partial charge in [0.1, 0.15) is 0 Å². The van der Waals surface area contributed by atoms with Crippen molar-refractivity contribution >= 4 is 27.3 Å². The number of aryl methyl sites for hydroxylation is 2. The van der Waals surface area contributed by atoms with E-state index in [-0.39, 0.29) is 12.5 Å². The number of sulfonamides is 1. The van der Waals surface area contributed by atoms with Gasteiger partial charge >= 0.3 is 0 Å². The number of ether oxygens (including phenoxy) is 1. The van der Waals surface area contributed by atoms with Gasteiger partial charge in [0.25, 0.3) is 5.91 Å². The van der Waals surface area contributed by atoms with E-state index in [0.29, 0.717) is 23.5 Å². The summed E-state index contributed by atoms with van der Waals surface area (Å²) in [4.78, 5) is 12.6. The maximum atomic E-state index is 12.6. The number of hydrogen-bond donors (Lipinski definition) is 1. The SMILES string of the molecule is COCc1cccc(NC(=O)c2ccc(CN(c3c(C)cccc3C)S(C)(=O)=O)cc2)c1. The maximum absolute atomic E-state index is 12.6. The smallest absolute Gasteiger partial charge is 0.255 e. The van der Waals surface area contributed by atoms with Crippen LogP contribution in [0, 0.1) is 13.8 Å². The van der Waals surface area contributed by atoms with Crippen LogP contribution in [0.5, 0.6) is 0 Å². The number of anilines is 2. The molecule has 0 atom stereocenters. The third-order valence-corrected chi connectivity index (χ3v) is 6.24. The number of benzene rings is 3. The molecule has 0 aliphatic rings. The molecule has 6 nitrogen and oxygen atoms in total. The zero-order valence-electron chi connectivity index (χ0n) is 18.8. The molecular formula is C25H28N2O4S. The van der Waals surface area contributed by atoms with Crippen LogP contribution in [0.25, 0.3) is 0 Å². The molecule has 0 aliphatic heterocycles. The van der Waals surface area contributed by atoms with Crippen LogP contribution in [0.15, 0.2) is 66.7 Å². The molecule has 168 valence electrons. The van der Waals surface area contributed by atoms with Crippen LogP contribution in [0.3, 0.4) is 0 Å². The van der Waals surface area contributed by atoms with E-state index in [1.54, 1.807) is 31.4 Å². The van der Waals surface area contributed by atoms with Crippen molar-refractivity contribution in [1.82, 2.24) is 0 Å². The van der Waals surface area contributed by atoms with Gasteiger partial charge in [-0.15, -0.1) is 0 Å². The van der Waals surface area contributed by atoms with Crippen molar-refractivity contribution in [1.29, 1.82) is 0 Å². The van der Waals surface area contributed by atoms with Crippen molar-refractivity contribution in [3.8, 4) is 0 Å². The van der Waals surface area contributed by atoms with Crippen LogP contribution in [0.1, 0.15) is 32.6 Å². The number of carbonyl (C=O) groups is 1. The lowest BCUT2D eigenvalue weighted by Gasteiger charge is -2.26. The number of hydrogen-bond acceptors (Lipinski definition) is 4. The quantitative estimate of drug-likeness (QED) is 0.539. The molecule has 0 aromatic heterocycles. The molecular weight excluding hydrogens is 424 g/mol. The van der Waals surface area contributed by atoms with Gasteiger partial charge in [0, 0.05) is 18.4 Å². The first-order valence-electron chi connectivity index (χ1n) is 10.2. The highest BCUT2D eigenvalue weighted by Crippen LogP contribution is 2.28. The molecule has 3 aromatic carbocycles. The summed E-state index contributed by atoms with van der Waals surface area (Å²) >= 11 is 0. The summed E-state index contributed by atoms with van der Waals surface area (Å²) in [6.45, 7) is 4.45. The summed E-state index contributed by atoms with van der Waals surface area (Å²) < 4.78 is 31.6. The summed E-state index contributed by atoms with van der Waals surface area (Å²) in [6.07, 6.45) is 1.21. The Bertz CT molecular complexity index is 1180. The van der Waals surface area contributed by atoms with Gasteiger partial charge in [-0.2, -0.15) is 0 Å². The molecule has 3 aromatic rings. The highest BCUT2D eigenvalue weighted by atomic mass is 32.2. The van der Waals surface area contributed by atoms with Crippen LogP contribution < -0.4 is 9.62 Å². The predicted molar refractivity (Wildman–Crippen MR) is 128 cm³/mol. The zero-order valence-corrected chi connectivity index (χ0v) is 19.6. The second-order valence-corrected chi connectivity index (χ2v) is 9.70. The largest absolute Gasteiger partial charge is 0.380 e. The fourth-order valence-corrected chi connectivity index (χ4v) is 4.60. The summed E-state index contributed by atoms with van der Waals surface area (Å²) in [5, 5.41) is 2.88. The molecule has 1 N–H and O–H groups in total. The number of nitrogens with one attached hydrogen (secondary N) is 1. The average Bonchev–Trinajstić information content (AvgIpc) is 2.73. The van der Waals surface area contributed by atoms with E-state index in [0.717, 1.165) is 22.3 Å². The van der Waals surface area contributed by atoms with Crippen molar-refractivity contribution in [2.24, 2.45) is 0 Å². The first-order chi connectivity index (χ1) is 15.2. The van der Waals surface area contributed by atoms with E-state index in [1.165, 1.54) is 10.6 Å². The minimum Gasteiger partial charge on any atom is -0.380 e. The van der Waals surface area contributed by atoms with Crippen LogP contribution in [0.2, 0.25) is 0 Å². The van der Waals surface area contributed by atoms with E-state index in [1.807, 2.05) is 56.3 Å². The van der Waals surface area contributed by atoms with Gasteiger partial charge < -0.3 is 10.1 Å². The van der Waals surface area contributed by atoms with Crippen molar-refractivity contribution in [2.45, 2.75) is 27.0 Å². The Morgan fingerprint density at radius 3 is 2.16 bits per heavy atom. The predicted octanol–water partition coefficient (Wildman–Crippen LogP) is 4.67. The Morgan fingerprint density at radius 1 is 0.938 bits per heavy atom. The molecule has 0 saturated carbocycles. The standard InChI is InChI=1S/C25H28N2O4S/c1-18-7-5-8-19(2)24(18)27(32(4,29)30)16-20-11-13-22(14-12-20)25(28)26-23-10-6-9-21(15-23)17-31-3/h5-15H,16-17H2,1-4H3,(H,26,28). The van der Waals surface area contributed by atoms with Crippen molar-refractivity contribution in [2.75, 3.05) is 23.0 Å². The van der Waals surface area contributed by atoms with E-state index in [2.05, 4.69) is 5.32 Å². The Morgan fingerprint density at radius 2 is 1.56 bits per heavy atom. The molecule has 3 rings (SSSR count). The van der Waals surface area contributed by atoms with Gasteiger partial charge in [-0.3, -0.25) is 9.10 Å². The van der Waals surface area contributed by atoms with Crippen molar-refractivity contribution in [3.63, 3.8) is 0 Å². The normalized spacial score (nSPS) is 11.2. The van der Waals surface area contributed by atoms with Crippen molar-refractivity contribution in [3.05, 3.63) is 94.5 Å². The fraction of sp³-hybridized carbons (Fsp3) is 0.240. The third kappa shape index (κ3) is 5.75. The van der Waals surface area contributed by atoms with Gasteiger partial charge in [0.15, 0.2) is 0 Å². The monoisotopic (exact) mass is 452 g/mol. The van der Waals surface area contributed by atoms with Crippen LogP contribution in [0.4, 0.5) is 11.4 Å². The molecule has 0 aliphatic carbocycles. The second-order valence-electron chi connectivity index (χ2n) is 7.79. The summed E-state index contributed by atoms with van der Waals surface area (Å²) in [6, 6.07) is 20.1. The Labute approximate surface area is 189 Å². The molecule has 0 unspecified atom stereocenters. The molecule has 0 fully saturated rings. The Balaban J connectivity index is 1.78. The summed E-state index contributed by atoms with van der Waals surface area (Å²) in [7, 11) is -1.87.